The van der Waals surface area contributed by atoms with Gasteiger partial charge in [0.05, 0.1) is 6.04 Å². The maximum Gasteiger partial charge on any atom is 0.319 e. The molecule has 0 spiro atoms. The average Bonchev–Trinajstić information content (AvgIpc) is 2.71. The van der Waals surface area contributed by atoms with E-state index >= 15 is 0 Å². The van der Waals surface area contributed by atoms with Crippen LogP contribution in [0, 0.1) is 13.8 Å². The van der Waals surface area contributed by atoms with Crippen molar-refractivity contribution in [1.29, 1.82) is 0 Å². The van der Waals surface area contributed by atoms with Crippen LogP contribution in [-0.4, -0.2) is 58.9 Å². The fourth-order valence-corrected chi connectivity index (χ4v) is 3.70. The molecule has 29 heavy (non-hydrogen) atoms. The second-order valence-electron chi connectivity index (χ2n) is 7.66. The molecule has 0 unspecified atom stereocenters. The van der Waals surface area contributed by atoms with Crippen LogP contribution in [0.15, 0.2) is 42.7 Å². The minimum absolute atomic E-state index is 0.0114. The van der Waals surface area contributed by atoms with Crippen molar-refractivity contribution in [2.24, 2.45) is 0 Å². The number of hydrogen-bond acceptors (Lipinski definition) is 4. The van der Waals surface area contributed by atoms with Gasteiger partial charge in [-0.25, -0.2) is 4.79 Å². The molecule has 0 radical (unpaired) electrons. The number of amides is 3. The van der Waals surface area contributed by atoms with Crippen LogP contribution in [0.5, 0.6) is 0 Å². The van der Waals surface area contributed by atoms with E-state index in [1.807, 2.05) is 64.3 Å². The van der Waals surface area contributed by atoms with Crippen molar-refractivity contribution >= 4 is 17.6 Å². The van der Waals surface area contributed by atoms with Gasteiger partial charge in [0.15, 0.2) is 0 Å². The molecule has 1 aromatic carbocycles. The van der Waals surface area contributed by atoms with Crippen molar-refractivity contribution in [3.05, 3.63) is 59.4 Å². The Balaban J connectivity index is 1.66. The lowest BCUT2D eigenvalue weighted by Gasteiger charge is -2.43. The van der Waals surface area contributed by atoms with Gasteiger partial charge in [-0.1, -0.05) is 18.2 Å². The van der Waals surface area contributed by atoms with Gasteiger partial charge < -0.3 is 15.5 Å². The number of aromatic nitrogens is 1. The van der Waals surface area contributed by atoms with Crippen LogP contribution in [0.1, 0.15) is 23.6 Å². The molecule has 154 valence electrons. The SMILES string of the molecule is Cc1cccc(NC(=O)NC[C@@H]2CN(C)C(=O)[C@H](C)N2Cc2cccnc2)c1C. The fourth-order valence-electron chi connectivity index (χ4n) is 3.70. The molecular weight excluding hydrogens is 366 g/mol. The Morgan fingerprint density at radius 3 is 2.76 bits per heavy atom. The third-order valence-electron chi connectivity index (χ3n) is 5.62. The summed E-state index contributed by atoms with van der Waals surface area (Å²) in [6.45, 7) is 7.54. The smallest absolute Gasteiger partial charge is 0.319 e. The van der Waals surface area contributed by atoms with E-state index in [0.717, 1.165) is 22.4 Å². The Morgan fingerprint density at radius 2 is 2.03 bits per heavy atom. The summed E-state index contributed by atoms with van der Waals surface area (Å²) in [5, 5.41) is 5.90. The highest BCUT2D eigenvalue weighted by Crippen LogP contribution is 2.20. The lowest BCUT2D eigenvalue weighted by Crippen LogP contribution is -2.62. The van der Waals surface area contributed by atoms with E-state index in [2.05, 4.69) is 20.5 Å². The number of hydrogen-bond donors (Lipinski definition) is 2. The van der Waals surface area contributed by atoms with Gasteiger partial charge in [0, 0.05) is 50.8 Å². The highest BCUT2D eigenvalue weighted by Gasteiger charge is 2.36. The van der Waals surface area contributed by atoms with Gasteiger partial charge in [-0.3, -0.25) is 14.7 Å². The summed E-state index contributed by atoms with van der Waals surface area (Å²) < 4.78 is 0. The first kappa shape index (κ1) is 20.8. The molecule has 1 fully saturated rings. The van der Waals surface area contributed by atoms with Crippen molar-refractivity contribution in [2.45, 2.75) is 39.4 Å². The average molecular weight is 396 g/mol. The van der Waals surface area contributed by atoms with E-state index in [9.17, 15) is 9.59 Å². The van der Waals surface area contributed by atoms with Crippen molar-refractivity contribution in [3.8, 4) is 0 Å². The predicted octanol–water partition coefficient (Wildman–Crippen LogP) is 2.55. The quantitative estimate of drug-likeness (QED) is 0.816. The maximum atomic E-state index is 12.5. The second kappa shape index (κ2) is 9.05. The molecule has 3 amide bonds. The van der Waals surface area contributed by atoms with Crippen LogP contribution >= 0.6 is 0 Å². The molecule has 1 aliphatic rings. The van der Waals surface area contributed by atoms with E-state index in [1.165, 1.54) is 0 Å². The molecule has 3 rings (SSSR count). The van der Waals surface area contributed by atoms with E-state index in [-0.39, 0.29) is 24.0 Å². The summed E-state index contributed by atoms with van der Waals surface area (Å²) in [5.74, 6) is 0.0879. The van der Waals surface area contributed by atoms with Gasteiger partial charge in [0.1, 0.15) is 0 Å². The number of aryl methyl sites for hydroxylation is 1. The summed E-state index contributed by atoms with van der Waals surface area (Å²) in [5.41, 5.74) is 4.03. The van der Waals surface area contributed by atoms with E-state index in [4.69, 9.17) is 0 Å². The van der Waals surface area contributed by atoms with Gasteiger partial charge in [0.2, 0.25) is 5.91 Å². The Kier molecular flexibility index (Phi) is 6.49. The topological polar surface area (TPSA) is 77.6 Å². The molecular formula is C22H29N5O2. The van der Waals surface area contributed by atoms with E-state index < -0.39 is 0 Å². The number of rotatable bonds is 5. The Hall–Kier alpha value is -2.93. The zero-order valence-corrected chi connectivity index (χ0v) is 17.5. The largest absolute Gasteiger partial charge is 0.343 e. The predicted molar refractivity (Wildman–Crippen MR) is 114 cm³/mol. The molecule has 7 heteroatoms. The third-order valence-corrected chi connectivity index (χ3v) is 5.62. The molecule has 0 bridgehead atoms. The Labute approximate surface area is 172 Å². The van der Waals surface area contributed by atoms with Gasteiger partial charge in [-0.05, 0) is 49.6 Å². The van der Waals surface area contributed by atoms with E-state index in [0.29, 0.717) is 19.6 Å². The minimum Gasteiger partial charge on any atom is -0.343 e. The summed E-state index contributed by atoms with van der Waals surface area (Å²) in [7, 11) is 1.81. The first-order valence-corrected chi connectivity index (χ1v) is 9.87. The number of anilines is 1. The standard InChI is InChI=1S/C22H29N5O2/c1-15-7-5-9-20(16(15)2)25-22(29)24-12-19-14-26(4)21(28)17(3)27(19)13-18-8-6-10-23-11-18/h5-11,17,19H,12-14H2,1-4H3,(H2,24,25,29)/t17-,19+/m0/s1. The molecule has 0 aliphatic carbocycles. The third kappa shape index (κ3) is 4.92. The zero-order valence-electron chi connectivity index (χ0n) is 17.5. The van der Waals surface area contributed by atoms with E-state index in [1.54, 1.807) is 11.1 Å². The van der Waals surface area contributed by atoms with Crippen molar-refractivity contribution in [3.63, 3.8) is 0 Å². The van der Waals surface area contributed by atoms with Crippen molar-refractivity contribution in [2.75, 3.05) is 25.5 Å². The number of nitrogens with one attached hydrogen (secondary N) is 2. The van der Waals surface area contributed by atoms with Crippen LogP contribution in [0.3, 0.4) is 0 Å². The lowest BCUT2D eigenvalue weighted by molar-refractivity contribution is -0.142. The van der Waals surface area contributed by atoms with Crippen molar-refractivity contribution < 1.29 is 9.59 Å². The van der Waals surface area contributed by atoms with Gasteiger partial charge in [-0.2, -0.15) is 0 Å². The number of pyridine rings is 1. The monoisotopic (exact) mass is 395 g/mol. The molecule has 2 aromatic rings. The highest BCUT2D eigenvalue weighted by atomic mass is 16.2. The second-order valence-corrected chi connectivity index (χ2v) is 7.66. The Morgan fingerprint density at radius 1 is 1.24 bits per heavy atom. The number of nitrogens with zero attached hydrogens (tertiary/aromatic N) is 3. The van der Waals surface area contributed by atoms with Crippen molar-refractivity contribution in [1.82, 2.24) is 20.1 Å². The van der Waals surface area contributed by atoms with Crippen LogP contribution in [-0.2, 0) is 11.3 Å². The molecule has 2 N–H and O–H groups in total. The zero-order chi connectivity index (χ0) is 21.0. The number of urea groups is 1. The van der Waals surface area contributed by atoms with Crippen LogP contribution in [0.4, 0.5) is 10.5 Å². The molecule has 1 aromatic heterocycles. The normalized spacial score (nSPS) is 19.9. The molecule has 7 nitrogen and oxygen atoms in total. The summed E-state index contributed by atoms with van der Waals surface area (Å²) in [6.07, 6.45) is 3.55. The molecule has 2 heterocycles. The summed E-state index contributed by atoms with van der Waals surface area (Å²) in [4.78, 5) is 33.0. The number of carbonyl (C=O) groups is 2. The molecule has 2 atom stereocenters. The number of benzene rings is 1. The summed E-state index contributed by atoms with van der Waals surface area (Å²) in [6, 6.07) is 9.24. The first-order valence-electron chi connectivity index (χ1n) is 9.87. The Bertz CT molecular complexity index is 871. The van der Waals surface area contributed by atoms with Gasteiger partial charge >= 0.3 is 6.03 Å². The first-order chi connectivity index (χ1) is 13.9. The number of likely N-dealkylation sites (N-methyl/N-ethyl adjacent to an activating group) is 1. The number of piperazine rings is 1. The highest BCUT2D eigenvalue weighted by molar-refractivity contribution is 5.90. The van der Waals surface area contributed by atoms with Crippen LogP contribution < -0.4 is 10.6 Å². The maximum absolute atomic E-state index is 12.5. The van der Waals surface area contributed by atoms with Gasteiger partial charge in [0.25, 0.3) is 0 Å². The van der Waals surface area contributed by atoms with Crippen LogP contribution in [0.25, 0.3) is 0 Å². The molecule has 0 saturated carbocycles. The summed E-state index contributed by atoms with van der Waals surface area (Å²) >= 11 is 0. The molecule has 1 aliphatic heterocycles. The number of carbonyl (C=O) groups excluding carboxylic acids is 2. The minimum atomic E-state index is -0.261. The van der Waals surface area contributed by atoms with Crippen LogP contribution in [0.2, 0.25) is 0 Å². The lowest BCUT2D eigenvalue weighted by atomic mass is 10.0. The molecule has 1 saturated heterocycles. The van der Waals surface area contributed by atoms with Gasteiger partial charge in [-0.15, -0.1) is 0 Å². The fraction of sp³-hybridized carbons (Fsp3) is 0.409.